The second-order valence-corrected chi connectivity index (χ2v) is 10.00. The standard InChI is InChI=1S/C27H28F3N5O2/c1-16-10-20(12-22(11-16)33-26-31-9-8-23(34-26)27(28,29)30)19-6-7-24(32-13-19)35-14-21(15-35)17-2-4-18(5-3-17)25(36)37/h6-13,17-18,21H,2-5,14-15H2,1H3,(H,36,37)(H,31,33,34). The number of benzene rings is 1. The highest BCUT2D eigenvalue weighted by Gasteiger charge is 2.37. The maximum Gasteiger partial charge on any atom is 0.433 e. The van der Waals surface area contributed by atoms with Crippen molar-refractivity contribution >= 4 is 23.4 Å². The van der Waals surface area contributed by atoms with Gasteiger partial charge in [0.1, 0.15) is 11.5 Å². The van der Waals surface area contributed by atoms with Gasteiger partial charge in [-0.2, -0.15) is 13.2 Å². The summed E-state index contributed by atoms with van der Waals surface area (Å²) in [6, 6.07) is 10.5. The third-order valence-corrected chi connectivity index (χ3v) is 7.38. The summed E-state index contributed by atoms with van der Waals surface area (Å²) in [4.78, 5) is 25.6. The second kappa shape index (κ2) is 9.99. The van der Waals surface area contributed by atoms with Gasteiger partial charge in [0.05, 0.1) is 5.92 Å². The lowest BCUT2D eigenvalue weighted by molar-refractivity contribution is -0.143. The van der Waals surface area contributed by atoms with E-state index in [1.54, 1.807) is 6.20 Å². The Bertz CT molecular complexity index is 1270. The number of carbonyl (C=O) groups is 1. The van der Waals surface area contributed by atoms with Gasteiger partial charge in [0.15, 0.2) is 0 Å². The largest absolute Gasteiger partial charge is 0.481 e. The van der Waals surface area contributed by atoms with Crippen LogP contribution in [0.1, 0.15) is 36.9 Å². The first-order valence-electron chi connectivity index (χ1n) is 12.4. The van der Waals surface area contributed by atoms with Crippen LogP contribution in [-0.2, 0) is 11.0 Å². The number of nitrogens with one attached hydrogen (secondary N) is 1. The number of pyridine rings is 1. The Morgan fingerprint density at radius 1 is 1.00 bits per heavy atom. The van der Waals surface area contributed by atoms with E-state index in [1.165, 1.54) is 0 Å². The highest BCUT2D eigenvalue weighted by molar-refractivity contribution is 5.71. The van der Waals surface area contributed by atoms with Crippen molar-refractivity contribution < 1.29 is 23.1 Å². The number of carboxylic acids is 1. The van der Waals surface area contributed by atoms with Gasteiger partial charge in [-0.25, -0.2) is 15.0 Å². The summed E-state index contributed by atoms with van der Waals surface area (Å²) in [5.41, 5.74) is 2.29. The van der Waals surface area contributed by atoms with E-state index in [2.05, 4.69) is 25.2 Å². The van der Waals surface area contributed by atoms with Gasteiger partial charge in [-0.1, -0.05) is 6.07 Å². The van der Waals surface area contributed by atoms with Crippen LogP contribution in [0.2, 0.25) is 0 Å². The van der Waals surface area contributed by atoms with Crippen molar-refractivity contribution in [2.45, 2.75) is 38.8 Å². The molecule has 194 valence electrons. The van der Waals surface area contributed by atoms with Crippen molar-refractivity contribution in [1.82, 2.24) is 15.0 Å². The topological polar surface area (TPSA) is 91.2 Å². The average molecular weight is 512 g/mol. The van der Waals surface area contributed by atoms with E-state index in [4.69, 9.17) is 0 Å². The number of aryl methyl sites for hydroxylation is 1. The van der Waals surface area contributed by atoms with Gasteiger partial charge in [0.2, 0.25) is 5.95 Å². The number of rotatable bonds is 6. The molecule has 2 aliphatic rings. The smallest absolute Gasteiger partial charge is 0.433 e. The fourth-order valence-corrected chi connectivity index (χ4v) is 5.31. The molecule has 1 aromatic carbocycles. The fourth-order valence-electron chi connectivity index (χ4n) is 5.31. The molecule has 7 nitrogen and oxygen atoms in total. The van der Waals surface area contributed by atoms with Gasteiger partial charge in [0.25, 0.3) is 0 Å². The molecule has 37 heavy (non-hydrogen) atoms. The van der Waals surface area contributed by atoms with Crippen LogP contribution in [0.5, 0.6) is 0 Å². The Kier molecular flexibility index (Phi) is 6.74. The SMILES string of the molecule is Cc1cc(Nc2nccc(C(F)(F)F)n2)cc(-c2ccc(N3CC(C4CCC(C(=O)O)CC4)C3)nc2)c1. The molecule has 10 heteroatoms. The monoisotopic (exact) mass is 511 g/mol. The van der Waals surface area contributed by atoms with Crippen LogP contribution in [0, 0.1) is 24.7 Å². The molecule has 3 aromatic rings. The molecule has 1 saturated carbocycles. The van der Waals surface area contributed by atoms with Crippen molar-refractivity contribution in [2.24, 2.45) is 17.8 Å². The predicted octanol–water partition coefficient (Wildman–Crippen LogP) is 5.94. The molecule has 1 aliphatic heterocycles. The van der Waals surface area contributed by atoms with E-state index in [1.807, 2.05) is 37.3 Å². The molecule has 0 spiro atoms. The zero-order valence-electron chi connectivity index (χ0n) is 20.4. The molecule has 0 bridgehead atoms. The Morgan fingerprint density at radius 2 is 1.76 bits per heavy atom. The lowest BCUT2D eigenvalue weighted by atomic mass is 9.73. The number of carboxylic acid groups (broad SMARTS) is 1. The Hall–Kier alpha value is -3.69. The van der Waals surface area contributed by atoms with Gasteiger partial charge in [0, 0.05) is 36.7 Å². The number of anilines is 3. The maximum atomic E-state index is 13.0. The molecule has 2 fully saturated rings. The van der Waals surface area contributed by atoms with Crippen LogP contribution in [0.3, 0.4) is 0 Å². The second-order valence-electron chi connectivity index (χ2n) is 10.00. The third kappa shape index (κ3) is 5.68. The van der Waals surface area contributed by atoms with Crippen LogP contribution in [-0.4, -0.2) is 39.1 Å². The van der Waals surface area contributed by atoms with Gasteiger partial charge in [-0.05, 0) is 85.9 Å². The van der Waals surface area contributed by atoms with Crippen molar-refractivity contribution in [3.8, 4) is 11.1 Å². The van der Waals surface area contributed by atoms with E-state index >= 15 is 0 Å². The number of nitrogens with zero attached hydrogens (tertiary/aromatic N) is 4. The molecule has 1 saturated heterocycles. The molecule has 0 atom stereocenters. The number of halogens is 3. The van der Waals surface area contributed by atoms with Gasteiger partial charge in [-0.15, -0.1) is 0 Å². The van der Waals surface area contributed by atoms with Crippen molar-refractivity contribution in [3.05, 3.63) is 60.0 Å². The van der Waals surface area contributed by atoms with Crippen LogP contribution in [0.25, 0.3) is 11.1 Å². The summed E-state index contributed by atoms with van der Waals surface area (Å²) in [7, 11) is 0. The van der Waals surface area contributed by atoms with Crippen molar-refractivity contribution in [1.29, 1.82) is 0 Å². The summed E-state index contributed by atoms with van der Waals surface area (Å²) in [5, 5.41) is 12.1. The molecule has 2 aromatic heterocycles. The van der Waals surface area contributed by atoms with E-state index in [0.717, 1.165) is 73.5 Å². The number of alkyl halides is 3. The number of aliphatic carboxylic acids is 1. The molecular weight excluding hydrogens is 483 g/mol. The fraction of sp³-hybridized carbons (Fsp3) is 0.407. The van der Waals surface area contributed by atoms with Crippen LogP contribution in [0.15, 0.2) is 48.8 Å². The van der Waals surface area contributed by atoms with Crippen LogP contribution in [0.4, 0.5) is 30.6 Å². The van der Waals surface area contributed by atoms with Crippen LogP contribution >= 0.6 is 0 Å². The minimum absolute atomic E-state index is 0.122. The zero-order valence-corrected chi connectivity index (χ0v) is 20.4. The lowest BCUT2D eigenvalue weighted by Crippen LogP contribution is -2.51. The third-order valence-electron chi connectivity index (χ3n) is 7.38. The first-order chi connectivity index (χ1) is 17.7. The summed E-state index contributed by atoms with van der Waals surface area (Å²) < 4.78 is 39.0. The summed E-state index contributed by atoms with van der Waals surface area (Å²) >= 11 is 0. The molecule has 5 rings (SSSR count). The quantitative estimate of drug-likeness (QED) is 0.423. The zero-order chi connectivity index (χ0) is 26.2. The average Bonchev–Trinajstić information content (AvgIpc) is 2.83. The molecule has 2 N–H and O–H groups in total. The normalized spacial score (nSPS) is 20.4. The molecule has 1 aliphatic carbocycles. The van der Waals surface area contributed by atoms with Crippen molar-refractivity contribution in [3.63, 3.8) is 0 Å². The number of hydrogen-bond acceptors (Lipinski definition) is 6. The Balaban J connectivity index is 1.22. The Morgan fingerprint density at radius 3 is 2.41 bits per heavy atom. The van der Waals surface area contributed by atoms with E-state index in [9.17, 15) is 23.1 Å². The van der Waals surface area contributed by atoms with E-state index in [0.29, 0.717) is 17.5 Å². The highest BCUT2D eigenvalue weighted by Crippen LogP contribution is 2.39. The van der Waals surface area contributed by atoms with Crippen molar-refractivity contribution in [2.75, 3.05) is 23.3 Å². The summed E-state index contributed by atoms with van der Waals surface area (Å²) in [6.07, 6.45) is 1.86. The first-order valence-corrected chi connectivity index (χ1v) is 12.4. The number of aromatic nitrogens is 3. The highest BCUT2D eigenvalue weighted by atomic mass is 19.4. The molecular formula is C27H28F3N5O2. The van der Waals surface area contributed by atoms with E-state index in [-0.39, 0.29) is 11.9 Å². The Labute approximate surface area is 212 Å². The molecule has 0 amide bonds. The van der Waals surface area contributed by atoms with Crippen LogP contribution < -0.4 is 10.2 Å². The summed E-state index contributed by atoms with van der Waals surface area (Å²) in [6.45, 7) is 3.78. The van der Waals surface area contributed by atoms with Gasteiger partial charge in [-0.3, -0.25) is 4.79 Å². The molecule has 0 unspecified atom stereocenters. The number of hydrogen-bond donors (Lipinski definition) is 2. The first kappa shape index (κ1) is 25.0. The lowest BCUT2D eigenvalue weighted by Gasteiger charge is -2.46. The van der Waals surface area contributed by atoms with E-state index < -0.39 is 17.8 Å². The van der Waals surface area contributed by atoms with Gasteiger partial charge >= 0.3 is 12.1 Å². The summed E-state index contributed by atoms with van der Waals surface area (Å²) in [5.74, 6) is 1.10. The minimum atomic E-state index is -4.54. The molecule has 3 heterocycles. The van der Waals surface area contributed by atoms with Gasteiger partial charge < -0.3 is 15.3 Å². The molecule has 0 radical (unpaired) electrons. The minimum Gasteiger partial charge on any atom is -0.481 e. The maximum absolute atomic E-state index is 13.0. The predicted molar refractivity (Wildman–Crippen MR) is 134 cm³/mol.